The number of hydrogen-bond donors (Lipinski definition) is 1. The number of hydrogen-bond acceptors (Lipinski definition) is 4. The Morgan fingerprint density at radius 1 is 1.00 bits per heavy atom. The van der Waals surface area contributed by atoms with Crippen LogP contribution in [0.25, 0.3) is 11.1 Å². The summed E-state index contributed by atoms with van der Waals surface area (Å²) in [6.45, 7) is 0. The zero-order valence-corrected chi connectivity index (χ0v) is 17.6. The maximum absolute atomic E-state index is 14.5. The molecule has 1 aliphatic rings. The molecular formula is C25H22FNO5. The molecule has 7 heteroatoms. The number of fused-ring (bicyclic) bond motifs is 3. The molecule has 3 aromatic rings. The van der Waals surface area contributed by atoms with E-state index in [0.29, 0.717) is 5.75 Å². The van der Waals surface area contributed by atoms with Crippen LogP contribution in [0.3, 0.4) is 0 Å². The van der Waals surface area contributed by atoms with Gasteiger partial charge in [-0.25, -0.2) is 14.0 Å². The Bertz CT molecular complexity index is 1130. The normalized spacial score (nSPS) is 13.1. The maximum atomic E-state index is 14.5. The van der Waals surface area contributed by atoms with Crippen LogP contribution in [0.1, 0.15) is 22.7 Å². The van der Waals surface area contributed by atoms with E-state index in [1.165, 1.54) is 37.3 Å². The summed E-state index contributed by atoms with van der Waals surface area (Å²) in [7, 11) is 2.64. The Morgan fingerprint density at radius 2 is 1.59 bits per heavy atom. The van der Waals surface area contributed by atoms with Crippen molar-refractivity contribution in [2.75, 3.05) is 14.2 Å². The first kappa shape index (κ1) is 21.4. The number of ether oxygens (including phenoxy) is 2. The van der Waals surface area contributed by atoms with E-state index in [0.717, 1.165) is 22.3 Å². The molecule has 0 aliphatic heterocycles. The van der Waals surface area contributed by atoms with E-state index in [1.54, 1.807) is 0 Å². The highest BCUT2D eigenvalue weighted by Gasteiger charge is 2.42. The van der Waals surface area contributed by atoms with Crippen molar-refractivity contribution in [1.29, 1.82) is 0 Å². The molecule has 32 heavy (non-hydrogen) atoms. The Morgan fingerprint density at radius 3 is 2.12 bits per heavy atom. The van der Waals surface area contributed by atoms with E-state index >= 15 is 0 Å². The highest BCUT2D eigenvalue weighted by Crippen LogP contribution is 2.47. The topological polar surface area (TPSA) is 76.1 Å². The first-order chi connectivity index (χ1) is 15.5. The summed E-state index contributed by atoms with van der Waals surface area (Å²) in [6.07, 6.45) is -1.06. The summed E-state index contributed by atoms with van der Waals surface area (Å²) in [5, 5.41) is 10.1. The lowest BCUT2D eigenvalue weighted by Gasteiger charge is -2.34. The van der Waals surface area contributed by atoms with Gasteiger partial charge in [-0.3, -0.25) is 4.90 Å². The molecule has 4 rings (SSSR count). The number of carboxylic acids is 1. The van der Waals surface area contributed by atoms with Crippen LogP contribution in [0.15, 0.2) is 66.7 Å². The second-order valence-electron chi connectivity index (χ2n) is 7.47. The van der Waals surface area contributed by atoms with Crippen LogP contribution >= 0.6 is 0 Å². The summed E-state index contributed by atoms with van der Waals surface area (Å²) < 4.78 is 24.7. The third-order valence-corrected chi connectivity index (χ3v) is 5.75. The number of nitrogens with zero attached hydrogens (tertiary/aromatic N) is 1. The molecule has 1 aliphatic carbocycles. The van der Waals surface area contributed by atoms with E-state index in [-0.39, 0.29) is 12.0 Å². The SMILES string of the molecule is COC(=O)N(C(Cc1cc(OC)ccc1F)C(=O)O)C1c2ccccc2-c2ccccc21. The van der Waals surface area contributed by atoms with Crippen molar-refractivity contribution in [3.63, 3.8) is 0 Å². The van der Waals surface area contributed by atoms with Gasteiger partial charge in [-0.2, -0.15) is 0 Å². The Hall–Kier alpha value is -3.87. The van der Waals surface area contributed by atoms with Gasteiger partial charge in [-0.1, -0.05) is 48.5 Å². The lowest BCUT2D eigenvalue weighted by atomic mass is 9.98. The van der Waals surface area contributed by atoms with Crippen molar-refractivity contribution in [3.05, 3.63) is 89.2 Å². The lowest BCUT2D eigenvalue weighted by Crippen LogP contribution is -2.48. The number of rotatable bonds is 6. The number of aliphatic carboxylic acids is 1. The molecule has 0 saturated carbocycles. The number of carbonyl (C=O) groups is 2. The van der Waals surface area contributed by atoms with Crippen LogP contribution in [0.2, 0.25) is 0 Å². The molecule has 3 aromatic carbocycles. The molecule has 1 atom stereocenters. The molecule has 1 unspecified atom stereocenters. The minimum absolute atomic E-state index is 0.130. The molecule has 0 fully saturated rings. The fourth-order valence-electron chi connectivity index (χ4n) is 4.29. The zero-order valence-electron chi connectivity index (χ0n) is 17.6. The maximum Gasteiger partial charge on any atom is 0.411 e. The quantitative estimate of drug-likeness (QED) is 0.609. The Balaban J connectivity index is 1.84. The van der Waals surface area contributed by atoms with E-state index in [9.17, 15) is 19.1 Å². The van der Waals surface area contributed by atoms with Crippen molar-refractivity contribution >= 4 is 12.1 Å². The lowest BCUT2D eigenvalue weighted by molar-refractivity contribution is -0.143. The highest BCUT2D eigenvalue weighted by atomic mass is 19.1. The summed E-state index contributed by atoms with van der Waals surface area (Å²) in [5.74, 6) is -1.44. The average molecular weight is 435 g/mol. The van der Waals surface area contributed by atoms with Crippen LogP contribution in [0, 0.1) is 5.82 Å². The summed E-state index contributed by atoms with van der Waals surface area (Å²) in [6, 6.07) is 17.1. The predicted octanol–water partition coefficient (Wildman–Crippen LogP) is 4.67. The Kier molecular flexibility index (Phi) is 5.81. The number of benzene rings is 3. The van der Waals surface area contributed by atoms with Crippen molar-refractivity contribution in [1.82, 2.24) is 4.90 Å². The molecule has 0 saturated heterocycles. The number of amides is 1. The van der Waals surface area contributed by atoms with Crippen molar-refractivity contribution < 1.29 is 28.6 Å². The van der Waals surface area contributed by atoms with Crippen LogP contribution in [0.5, 0.6) is 5.75 Å². The standard InChI is InChI=1S/C25H22FNO5/c1-31-16-11-12-21(26)15(13-16)14-22(24(28)29)27(25(30)32-2)23-19-9-5-3-7-17(19)18-8-4-6-10-20(18)23/h3-13,22-23H,14H2,1-2H3,(H,28,29). The first-order valence-corrected chi connectivity index (χ1v) is 10.1. The van der Waals surface area contributed by atoms with Crippen LogP contribution in [-0.4, -0.2) is 42.3 Å². The van der Waals surface area contributed by atoms with Gasteiger partial charge in [0.15, 0.2) is 0 Å². The second kappa shape index (κ2) is 8.70. The smallest absolute Gasteiger partial charge is 0.411 e. The molecule has 1 amide bonds. The highest BCUT2D eigenvalue weighted by molar-refractivity contribution is 5.85. The molecule has 0 spiro atoms. The molecule has 164 valence electrons. The molecule has 0 heterocycles. The van der Waals surface area contributed by atoms with Gasteiger partial charge in [-0.15, -0.1) is 0 Å². The summed E-state index contributed by atoms with van der Waals surface area (Å²) >= 11 is 0. The summed E-state index contributed by atoms with van der Waals surface area (Å²) in [4.78, 5) is 26.6. The van der Waals surface area contributed by atoms with Crippen molar-refractivity contribution in [3.8, 4) is 16.9 Å². The van der Waals surface area contributed by atoms with Crippen LogP contribution in [-0.2, 0) is 16.0 Å². The Labute approximate surface area is 184 Å². The first-order valence-electron chi connectivity index (χ1n) is 10.1. The van der Waals surface area contributed by atoms with Gasteiger partial charge in [-0.05, 0) is 46.0 Å². The van der Waals surface area contributed by atoms with Gasteiger partial charge >= 0.3 is 12.1 Å². The number of methoxy groups -OCH3 is 2. The molecular weight excluding hydrogens is 413 g/mol. The van der Waals surface area contributed by atoms with E-state index in [4.69, 9.17) is 9.47 Å². The largest absolute Gasteiger partial charge is 0.497 e. The minimum Gasteiger partial charge on any atom is -0.497 e. The fraction of sp³-hybridized carbons (Fsp3) is 0.200. The van der Waals surface area contributed by atoms with Crippen molar-refractivity contribution in [2.45, 2.75) is 18.5 Å². The van der Waals surface area contributed by atoms with Gasteiger partial charge in [0.25, 0.3) is 0 Å². The van der Waals surface area contributed by atoms with Gasteiger partial charge in [0.2, 0.25) is 0 Å². The summed E-state index contributed by atoms with van der Waals surface area (Å²) in [5.41, 5.74) is 3.54. The van der Waals surface area contributed by atoms with E-state index < -0.39 is 30.0 Å². The van der Waals surface area contributed by atoms with Crippen LogP contribution in [0.4, 0.5) is 9.18 Å². The van der Waals surface area contributed by atoms with Gasteiger partial charge in [0.05, 0.1) is 20.3 Å². The van der Waals surface area contributed by atoms with Crippen LogP contribution < -0.4 is 4.74 Å². The van der Waals surface area contributed by atoms with E-state index in [1.807, 2.05) is 48.5 Å². The predicted molar refractivity (Wildman–Crippen MR) is 116 cm³/mol. The second-order valence-corrected chi connectivity index (χ2v) is 7.47. The molecule has 1 N–H and O–H groups in total. The average Bonchev–Trinajstić information content (AvgIpc) is 3.14. The molecule has 0 bridgehead atoms. The van der Waals surface area contributed by atoms with Gasteiger partial charge < -0.3 is 14.6 Å². The number of halogens is 1. The fourth-order valence-corrected chi connectivity index (χ4v) is 4.29. The minimum atomic E-state index is -1.38. The van der Waals surface area contributed by atoms with Gasteiger partial charge in [0.1, 0.15) is 17.6 Å². The zero-order chi connectivity index (χ0) is 22.8. The third-order valence-electron chi connectivity index (χ3n) is 5.75. The third kappa shape index (κ3) is 3.66. The monoisotopic (exact) mass is 435 g/mol. The number of carboxylic acid groups (broad SMARTS) is 1. The number of carbonyl (C=O) groups excluding carboxylic acids is 1. The van der Waals surface area contributed by atoms with Gasteiger partial charge in [0, 0.05) is 6.42 Å². The van der Waals surface area contributed by atoms with E-state index in [2.05, 4.69) is 0 Å². The molecule has 0 aromatic heterocycles. The molecule has 0 radical (unpaired) electrons. The molecule has 6 nitrogen and oxygen atoms in total. The van der Waals surface area contributed by atoms with Crippen molar-refractivity contribution in [2.24, 2.45) is 0 Å².